The molecule has 0 spiro atoms. The van der Waals surface area contributed by atoms with E-state index in [-0.39, 0.29) is 11.1 Å². The van der Waals surface area contributed by atoms with Gasteiger partial charge in [-0.2, -0.15) is 0 Å². The van der Waals surface area contributed by atoms with Gasteiger partial charge in [0.1, 0.15) is 0 Å². The summed E-state index contributed by atoms with van der Waals surface area (Å²) in [6.07, 6.45) is 5.54. The fourth-order valence-corrected chi connectivity index (χ4v) is 2.87. The summed E-state index contributed by atoms with van der Waals surface area (Å²) in [6.45, 7) is 0. The fraction of sp³-hybridized carbons (Fsp3) is 0.0667. The van der Waals surface area contributed by atoms with E-state index >= 15 is 0 Å². The summed E-state index contributed by atoms with van der Waals surface area (Å²) in [4.78, 5) is 26.0. The number of amides is 2. The molecule has 20 heavy (non-hydrogen) atoms. The van der Waals surface area contributed by atoms with Crippen LogP contribution in [0.5, 0.6) is 0 Å². The second-order valence-electron chi connectivity index (χ2n) is 4.46. The van der Waals surface area contributed by atoms with Crippen LogP contribution < -0.4 is 4.90 Å². The smallest absolute Gasteiger partial charge is 0.298 e. The Bertz CT molecular complexity index is 704. The van der Waals surface area contributed by atoms with Gasteiger partial charge in [-0.15, -0.1) is 0 Å². The second kappa shape index (κ2) is 5.02. The molecule has 3 rings (SSSR count). The van der Waals surface area contributed by atoms with Gasteiger partial charge in [0.05, 0.1) is 10.6 Å². The predicted octanol–water partition coefficient (Wildman–Crippen LogP) is 3.27. The Hall–Kier alpha value is -2.27. The molecule has 1 aliphatic heterocycles. The molecule has 1 fully saturated rings. The number of anilines is 1. The van der Waals surface area contributed by atoms with Crippen LogP contribution in [0.15, 0.2) is 53.7 Å². The summed E-state index contributed by atoms with van der Waals surface area (Å²) in [5, 5.41) is -0.261. The van der Waals surface area contributed by atoms with Gasteiger partial charge in [-0.3, -0.25) is 9.59 Å². The molecule has 5 heteroatoms. The first-order valence-electron chi connectivity index (χ1n) is 6.10. The summed E-state index contributed by atoms with van der Waals surface area (Å²) >= 11 is 0.970. The van der Waals surface area contributed by atoms with Crippen LogP contribution in [0.2, 0.25) is 0 Å². The number of hydrogen-bond donors (Lipinski definition) is 0. The van der Waals surface area contributed by atoms with E-state index in [0.717, 1.165) is 17.3 Å². The quantitative estimate of drug-likeness (QED) is 0.795. The number of aryl methyl sites for hydroxylation is 1. The highest BCUT2D eigenvalue weighted by Gasteiger charge is 2.36. The molecular weight excluding hydrogens is 272 g/mol. The molecule has 4 nitrogen and oxygen atoms in total. The summed E-state index contributed by atoms with van der Waals surface area (Å²) in [5.41, 5.74) is 1.51. The van der Waals surface area contributed by atoms with Crippen LogP contribution in [0.25, 0.3) is 6.08 Å². The van der Waals surface area contributed by atoms with E-state index in [9.17, 15) is 9.59 Å². The average Bonchev–Trinajstić information content (AvgIpc) is 2.96. The molecule has 1 saturated heterocycles. The molecule has 0 unspecified atom stereocenters. The van der Waals surface area contributed by atoms with Crippen molar-refractivity contribution in [1.82, 2.24) is 4.57 Å². The molecule has 0 radical (unpaired) electrons. The maximum atomic E-state index is 12.3. The van der Waals surface area contributed by atoms with E-state index in [0.29, 0.717) is 10.6 Å². The molecule has 0 saturated carbocycles. The van der Waals surface area contributed by atoms with Gasteiger partial charge in [0.25, 0.3) is 11.1 Å². The molecule has 0 aliphatic carbocycles. The Labute approximate surface area is 120 Å². The number of carbonyl (C=O) groups is 2. The fourth-order valence-electron chi connectivity index (χ4n) is 2.03. The number of thioether (sulfide) groups is 1. The molecular formula is C15H12N2O2S. The Morgan fingerprint density at radius 1 is 1.10 bits per heavy atom. The third kappa shape index (κ3) is 2.28. The maximum absolute atomic E-state index is 12.3. The van der Waals surface area contributed by atoms with Gasteiger partial charge in [0, 0.05) is 19.4 Å². The van der Waals surface area contributed by atoms with Gasteiger partial charge in [-0.1, -0.05) is 18.2 Å². The third-order valence-electron chi connectivity index (χ3n) is 2.96. The normalized spacial score (nSPS) is 17.2. The minimum Gasteiger partial charge on any atom is -0.357 e. The average molecular weight is 284 g/mol. The second-order valence-corrected chi connectivity index (χ2v) is 5.46. The minimum atomic E-state index is -0.268. The van der Waals surface area contributed by atoms with Crippen molar-refractivity contribution in [2.75, 3.05) is 4.90 Å². The van der Waals surface area contributed by atoms with Gasteiger partial charge in [-0.25, -0.2) is 4.90 Å². The van der Waals surface area contributed by atoms with Gasteiger partial charge < -0.3 is 4.57 Å². The van der Waals surface area contributed by atoms with Crippen LogP contribution >= 0.6 is 11.8 Å². The van der Waals surface area contributed by atoms with Gasteiger partial charge in [0.15, 0.2) is 0 Å². The van der Waals surface area contributed by atoms with Crippen LogP contribution in [0.4, 0.5) is 10.5 Å². The van der Waals surface area contributed by atoms with Crippen molar-refractivity contribution in [1.29, 1.82) is 0 Å². The van der Waals surface area contributed by atoms with Crippen LogP contribution in [-0.4, -0.2) is 15.7 Å². The number of hydrogen-bond acceptors (Lipinski definition) is 3. The lowest BCUT2D eigenvalue weighted by atomic mass is 10.2. The highest BCUT2D eigenvalue weighted by atomic mass is 32.2. The zero-order valence-corrected chi connectivity index (χ0v) is 11.6. The summed E-state index contributed by atoms with van der Waals surface area (Å²) in [7, 11) is 1.91. The summed E-state index contributed by atoms with van der Waals surface area (Å²) in [6, 6.07) is 10.9. The van der Waals surface area contributed by atoms with Crippen LogP contribution in [-0.2, 0) is 11.8 Å². The van der Waals surface area contributed by atoms with E-state index in [4.69, 9.17) is 0 Å². The molecule has 100 valence electrons. The number of benzene rings is 1. The molecule has 1 aliphatic rings. The highest BCUT2D eigenvalue weighted by Crippen LogP contribution is 2.35. The van der Waals surface area contributed by atoms with E-state index < -0.39 is 0 Å². The Balaban J connectivity index is 1.93. The SMILES string of the molecule is Cn1ccc(C=C2SC(=O)N(c3ccccc3)C2=O)c1. The zero-order valence-electron chi connectivity index (χ0n) is 10.8. The number of carbonyl (C=O) groups excluding carboxylic acids is 2. The van der Waals surface area contributed by atoms with Gasteiger partial charge in [-0.05, 0) is 41.6 Å². The number of para-hydroxylation sites is 1. The van der Waals surface area contributed by atoms with Gasteiger partial charge in [0.2, 0.25) is 0 Å². The number of aromatic nitrogens is 1. The summed E-state index contributed by atoms with van der Waals surface area (Å²) < 4.78 is 1.90. The number of imide groups is 1. The Morgan fingerprint density at radius 2 is 1.85 bits per heavy atom. The lowest BCUT2D eigenvalue weighted by Crippen LogP contribution is -2.27. The monoisotopic (exact) mass is 284 g/mol. The van der Waals surface area contributed by atoms with E-state index in [1.165, 1.54) is 4.90 Å². The Morgan fingerprint density at radius 3 is 2.50 bits per heavy atom. The topological polar surface area (TPSA) is 42.3 Å². The minimum absolute atomic E-state index is 0.261. The highest BCUT2D eigenvalue weighted by molar-refractivity contribution is 8.19. The Kier molecular flexibility index (Phi) is 3.20. The molecule has 1 aromatic heterocycles. The van der Waals surface area contributed by atoms with Crippen LogP contribution in [0, 0.1) is 0 Å². The molecule has 0 atom stereocenters. The van der Waals surface area contributed by atoms with Crippen LogP contribution in [0.1, 0.15) is 5.56 Å². The standard InChI is InChI=1S/C15H12N2O2S/c1-16-8-7-11(10-16)9-13-14(18)17(15(19)20-13)12-5-3-2-4-6-12/h2-10H,1H3. The molecule has 2 heterocycles. The molecule has 1 aromatic carbocycles. The van der Waals surface area contributed by atoms with E-state index in [1.807, 2.05) is 36.1 Å². The molecule has 2 aromatic rings. The van der Waals surface area contributed by atoms with Gasteiger partial charge >= 0.3 is 0 Å². The number of rotatable bonds is 2. The summed E-state index contributed by atoms with van der Waals surface area (Å²) in [5.74, 6) is -0.268. The lowest BCUT2D eigenvalue weighted by molar-refractivity contribution is -0.113. The molecule has 2 amide bonds. The first kappa shape index (κ1) is 12.7. The first-order valence-corrected chi connectivity index (χ1v) is 6.92. The van der Waals surface area contributed by atoms with Crippen molar-refractivity contribution in [2.24, 2.45) is 7.05 Å². The van der Waals surface area contributed by atoms with Crippen molar-refractivity contribution in [3.63, 3.8) is 0 Å². The third-order valence-corrected chi connectivity index (χ3v) is 3.83. The zero-order chi connectivity index (χ0) is 14.1. The van der Waals surface area contributed by atoms with Crippen molar-refractivity contribution in [3.05, 3.63) is 59.3 Å². The lowest BCUT2D eigenvalue weighted by Gasteiger charge is -2.11. The first-order chi connectivity index (χ1) is 9.65. The van der Waals surface area contributed by atoms with Crippen molar-refractivity contribution >= 4 is 34.7 Å². The van der Waals surface area contributed by atoms with E-state index in [1.54, 1.807) is 30.3 Å². The number of nitrogens with zero attached hydrogens (tertiary/aromatic N) is 2. The molecule has 0 N–H and O–H groups in total. The predicted molar refractivity (Wildman–Crippen MR) is 80.3 cm³/mol. The van der Waals surface area contributed by atoms with Crippen molar-refractivity contribution in [2.45, 2.75) is 0 Å². The van der Waals surface area contributed by atoms with Crippen molar-refractivity contribution in [3.8, 4) is 0 Å². The maximum Gasteiger partial charge on any atom is 0.298 e. The largest absolute Gasteiger partial charge is 0.357 e. The van der Waals surface area contributed by atoms with E-state index in [2.05, 4.69) is 0 Å². The van der Waals surface area contributed by atoms with Crippen molar-refractivity contribution < 1.29 is 9.59 Å². The van der Waals surface area contributed by atoms with Crippen LogP contribution in [0.3, 0.4) is 0 Å². The molecule has 0 bridgehead atoms.